The second-order valence-corrected chi connectivity index (χ2v) is 10.5. The summed E-state index contributed by atoms with van der Waals surface area (Å²) in [6, 6.07) is 13.6. The van der Waals surface area contributed by atoms with Gasteiger partial charge in [0.1, 0.15) is 18.2 Å². The monoisotopic (exact) mass is 472 g/mol. The van der Waals surface area contributed by atoms with Crippen LogP contribution < -0.4 is 15.0 Å². The van der Waals surface area contributed by atoms with Crippen molar-refractivity contribution in [1.82, 2.24) is 15.3 Å². The van der Waals surface area contributed by atoms with Gasteiger partial charge in [0.25, 0.3) is 0 Å². The van der Waals surface area contributed by atoms with Crippen LogP contribution in [0.4, 0.5) is 5.82 Å². The predicted molar refractivity (Wildman–Crippen MR) is 146 cm³/mol. The molecule has 0 spiro atoms. The number of hydrogen-bond acceptors (Lipinski definition) is 5. The molecule has 0 radical (unpaired) electrons. The van der Waals surface area contributed by atoms with E-state index in [9.17, 15) is 0 Å². The Labute approximate surface area is 211 Å². The minimum atomic E-state index is 0.330. The van der Waals surface area contributed by atoms with Crippen molar-refractivity contribution < 1.29 is 4.74 Å². The highest BCUT2D eigenvalue weighted by atomic mass is 16.5. The summed E-state index contributed by atoms with van der Waals surface area (Å²) in [5.74, 6) is 3.18. The first-order chi connectivity index (χ1) is 16.7. The van der Waals surface area contributed by atoms with Crippen molar-refractivity contribution in [1.29, 1.82) is 0 Å². The Balaban J connectivity index is 1.78. The van der Waals surface area contributed by atoms with Crippen LogP contribution in [-0.4, -0.2) is 35.1 Å². The zero-order valence-corrected chi connectivity index (χ0v) is 22.6. The Morgan fingerprint density at radius 1 is 1.00 bits per heavy atom. The summed E-state index contributed by atoms with van der Waals surface area (Å²) in [7, 11) is 0. The number of piperazine rings is 1. The fourth-order valence-corrected chi connectivity index (χ4v) is 4.86. The molecule has 0 amide bonds. The normalized spacial score (nSPS) is 18.3. The van der Waals surface area contributed by atoms with Crippen molar-refractivity contribution in [3.8, 4) is 17.1 Å². The number of ether oxygens (including phenoxy) is 1. The van der Waals surface area contributed by atoms with E-state index >= 15 is 0 Å². The second kappa shape index (κ2) is 10.4. The molecule has 1 fully saturated rings. The number of nitrogens with zero attached hydrogens (tertiary/aromatic N) is 3. The quantitative estimate of drug-likeness (QED) is 0.458. The van der Waals surface area contributed by atoms with Gasteiger partial charge < -0.3 is 15.0 Å². The van der Waals surface area contributed by atoms with Gasteiger partial charge in [0.05, 0.1) is 11.3 Å². The lowest BCUT2D eigenvalue weighted by atomic mass is 10.0. The lowest BCUT2D eigenvalue weighted by Gasteiger charge is -2.39. The molecule has 2 aromatic carbocycles. The minimum absolute atomic E-state index is 0.330. The molecular weight excluding hydrogens is 432 g/mol. The lowest BCUT2D eigenvalue weighted by Crippen LogP contribution is -2.55. The number of aromatic nitrogens is 2. The van der Waals surface area contributed by atoms with Crippen LogP contribution >= 0.6 is 0 Å². The van der Waals surface area contributed by atoms with Crippen LogP contribution in [0.15, 0.2) is 36.4 Å². The Kier molecular flexibility index (Phi) is 7.46. The van der Waals surface area contributed by atoms with Crippen molar-refractivity contribution in [2.24, 2.45) is 0 Å². The zero-order valence-electron chi connectivity index (χ0n) is 22.6. The average molecular weight is 473 g/mol. The van der Waals surface area contributed by atoms with E-state index in [0.717, 1.165) is 52.9 Å². The van der Waals surface area contributed by atoms with Crippen molar-refractivity contribution >= 4 is 5.82 Å². The van der Waals surface area contributed by atoms with E-state index in [2.05, 4.69) is 102 Å². The molecule has 35 heavy (non-hydrogen) atoms. The molecule has 1 aliphatic heterocycles. The molecule has 5 nitrogen and oxygen atoms in total. The summed E-state index contributed by atoms with van der Waals surface area (Å²) >= 11 is 0. The summed E-state index contributed by atoms with van der Waals surface area (Å²) in [6.45, 7) is 19.7. The van der Waals surface area contributed by atoms with Gasteiger partial charge in [-0.15, -0.1) is 0 Å². The standard InChI is InChI=1S/C30H40N4O/c1-18(2)25-13-12-19(3)27(14-25)35-17-26-24(8)32-29(28-20(4)10-9-11-21(28)5)33-30(26)34-16-22(6)31-15-23(34)7/h9-14,18,22-23,31H,15-17H2,1-8H3/t22-,23+/m0/s1. The van der Waals surface area contributed by atoms with Gasteiger partial charge in [-0.1, -0.05) is 44.2 Å². The molecule has 2 atom stereocenters. The molecule has 5 heteroatoms. The van der Waals surface area contributed by atoms with E-state index in [1.165, 1.54) is 16.7 Å². The molecule has 0 bridgehead atoms. The number of anilines is 1. The Morgan fingerprint density at radius 3 is 2.40 bits per heavy atom. The highest BCUT2D eigenvalue weighted by molar-refractivity contribution is 5.67. The summed E-state index contributed by atoms with van der Waals surface area (Å²) in [5, 5.41) is 3.60. The first-order valence-electron chi connectivity index (χ1n) is 12.8. The van der Waals surface area contributed by atoms with Crippen LogP contribution in [0.2, 0.25) is 0 Å². The number of rotatable bonds is 6. The minimum Gasteiger partial charge on any atom is -0.488 e. The summed E-state index contributed by atoms with van der Waals surface area (Å²) in [4.78, 5) is 12.7. The van der Waals surface area contributed by atoms with Crippen molar-refractivity contribution in [2.45, 2.75) is 80.0 Å². The fraction of sp³-hybridized carbons (Fsp3) is 0.467. The first kappa shape index (κ1) is 25.2. The van der Waals surface area contributed by atoms with E-state index in [4.69, 9.17) is 14.7 Å². The van der Waals surface area contributed by atoms with Crippen LogP contribution in [-0.2, 0) is 6.61 Å². The number of aryl methyl sites for hydroxylation is 4. The fourth-order valence-electron chi connectivity index (χ4n) is 4.86. The molecule has 0 saturated carbocycles. The molecular formula is C30H40N4O. The summed E-state index contributed by atoms with van der Waals surface area (Å²) in [5.41, 5.74) is 7.99. The van der Waals surface area contributed by atoms with Gasteiger partial charge in [0.15, 0.2) is 5.82 Å². The SMILES string of the molecule is Cc1ccc(C(C)C)cc1OCc1c(C)nc(-c2c(C)cccc2C)nc1N1C[C@H](C)NC[C@H]1C. The zero-order chi connectivity index (χ0) is 25.3. The van der Waals surface area contributed by atoms with Crippen LogP contribution in [0.5, 0.6) is 5.75 Å². The van der Waals surface area contributed by atoms with Gasteiger partial charge in [0, 0.05) is 30.7 Å². The third-order valence-corrected chi connectivity index (χ3v) is 7.18. The van der Waals surface area contributed by atoms with Gasteiger partial charge in [-0.25, -0.2) is 9.97 Å². The van der Waals surface area contributed by atoms with E-state index in [1.54, 1.807) is 0 Å². The third kappa shape index (κ3) is 5.35. The Hall–Kier alpha value is -2.92. The maximum atomic E-state index is 6.46. The number of nitrogens with one attached hydrogen (secondary N) is 1. The molecule has 2 heterocycles. The van der Waals surface area contributed by atoms with Crippen LogP contribution in [0.1, 0.15) is 67.1 Å². The van der Waals surface area contributed by atoms with Gasteiger partial charge in [-0.3, -0.25) is 0 Å². The van der Waals surface area contributed by atoms with Gasteiger partial charge >= 0.3 is 0 Å². The molecule has 0 unspecified atom stereocenters. The van der Waals surface area contributed by atoms with E-state index in [1.807, 2.05) is 0 Å². The Morgan fingerprint density at radius 2 is 1.71 bits per heavy atom. The van der Waals surface area contributed by atoms with E-state index in [-0.39, 0.29) is 0 Å². The molecule has 1 aromatic heterocycles. The average Bonchev–Trinajstić information content (AvgIpc) is 2.80. The predicted octanol–water partition coefficient (Wildman–Crippen LogP) is 6.27. The summed E-state index contributed by atoms with van der Waals surface area (Å²) < 4.78 is 6.46. The second-order valence-electron chi connectivity index (χ2n) is 10.5. The third-order valence-electron chi connectivity index (χ3n) is 7.18. The number of benzene rings is 2. The molecule has 4 rings (SSSR count). The Bertz CT molecular complexity index is 1180. The van der Waals surface area contributed by atoms with Crippen LogP contribution in [0.25, 0.3) is 11.4 Å². The molecule has 1 aliphatic rings. The van der Waals surface area contributed by atoms with Gasteiger partial charge in [0.2, 0.25) is 0 Å². The van der Waals surface area contributed by atoms with Crippen LogP contribution in [0.3, 0.4) is 0 Å². The first-order valence-corrected chi connectivity index (χ1v) is 12.8. The van der Waals surface area contributed by atoms with Gasteiger partial charge in [-0.2, -0.15) is 0 Å². The summed E-state index contributed by atoms with van der Waals surface area (Å²) in [6.07, 6.45) is 0. The van der Waals surface area contributed by atoms with Crippen LogP contribution in [0, 0.1) is 27.7 Å². The topological polar surface area (TPSA) is 50.3 Å². The molecule has 186 valence electrons. The van der Waals surface area contributed by atoms with Gasteiger partial charge in [-0.05, 0) is 75.8 Å². The maximum Gasteiger partial charge on any atom is 0.162 e. The van der Waals surface area contributed by atoms with Crippen molar-refractivity contribution in [2.75, 3.05) is 18.0 Å². The molecule has 1 saturated heterocycles. The molecule has 0 aliphatic carbocycles. The highest BCUT2D eigenvalue weighted by Crippen LogP contribution is 2.32. The smallest absolute Gasteiger partial charge is 0.162 e. The molecule has 1 N–H and O–H groups in total. The lowest BCUT2D eigenvalue weighted by molar-refractivity contribution is 0.301. The number of hydrogen-bond donors (Lipinski definition) is 1. The highest BCUT2D eigenvalue weighted by Gasteiger charge is 2.28. The van der Waals surface area contributed by atoms with E-state index < -0.39 is 0 Å². The van der Waals surface area contributed by atoms with E-state index in [0.29, 0.717) is 24.6 Å². The maximum absolute atomic E-state index is 6.46. The van der Waals surface area contributed by atoms with Crippen molar-refractivity contribution in [3.05, 3.63) is 69.9 Å². The largest absolute Gasteiger partial charge is 0.488 e. The van der Waals surface area contributed by atoms with Crippen molar-refractivity contribution in [3.63, 3.8) is 0 Å². The molecule has 3 aromatic rings.